The summed E-state index contributed by atoms with van der Waals surface area (Å²) in [5.41, 5.74) is 16.5. The number of fused-ring (bicyclic) bond motifs is 3. The Balaban J connectivity index is 1.51. The summed E-state index contributed by atoms with van der Waals surface area (Å²) in [5.74, 6) is 0.792. The van der Waals surface area contributed by atoms with E-state index in [1.54, 1.807) is 0 Å². The highest BCUT2D eigenvalue weighted by Gasteiger charge is 2.18. The molecule has 0 spiro atoms. The number of para-hydroxylation sites is 1. The summed E-state index contributed by atoms with van der Waals surface area (Å²) in [7, 11) is 0. The number of pyridine rings is 1. The van der Waals surface area contributed by atoms with Crippen molar-refractivity contribution in [2.24, 2.45) is 11.7 Å². The number of carbonyl (C=O) groups excluding carboxylic acids is 2. The lowest BCUT2D eigenvalue weighted by Crippen LogP contribution is -2.27. The van der Waals surface area contributed by atoms with Crippen molar-refractivity contribution < 1.29 is 9.59 Å². The summed E-state index contributed by atoms with van der Waals surface area (Å²) in [4.78, 5) is 33.1. The Morgan fingerprint density at radius 3 is 2.46 bits per heavy atom. The number of imidazole rings is 1. The van der Waals surface area contributed by atoms with E-state index in [-0.39, 0.29) is 17.7 Å². The standard InChI is InChI=1S/C29H36N6O2/c1-3-5-10-24-34-26-27(22-8-6-7-9-23(22)33-28(26)30)35(24)18-20-13-11-19(12-14-20)17-32-25(36)16-15-21(4-2)29(31)37/h6-9,11-14,21H,3-5,10,15-18H2,1-2H3,(H2,30,33)(H2,31,37)(H,32,36). The largest absolute Gasteiger partial charge is 0.382 e. The highest BCUT2D eigenvalue weighted by atomic mass is 16.2. The molecule has 1 atom stereocenters. The molecule has 0 aliphatic carbocycles. The number of nitrogens with two attached hydrogens (primary N) is 2. The maximum absolute atomic E-state index is 12.2. The average molecular weight is 501 g/mol. The quantitative estimate of drug-likeness (QED) is 0.264. The second-order valence-corrected chi connectivity index (χ2v) is 9.57. The Labute approximate surface area is 217 Å². The van der Waals surface area contributed by atoms with Crippen molar-refractivity contribution in [3.8, 4) is 0 Å². The van der Waals surface area contributed by atoms with Gasteiger partial charge in [-0.3, -0.25) is 9.59 Å². The van der Waals surface area contributed by atoms with Gasteiger partial charge < -0.3 is 21.4 Å². The molecule has 1 unspecified atom stereocenters. The fraction of sp³-hybridized carbons (Fsp3) is 0.379. The predicted molar refractivity (Wildman–Crippen MR) is 148 cm³/mol. The molecular formula is C29H36N6O2. The van der Waals surface area contributed by atoms with Crippen LogP contribution in [0.15, 0.2) is 48.5 Å². The Hall–Kier alpha value is -3.94. The molecule has 2 heterocycles. The van der Waals surface area contributed by atoms with Gasteiger partial charge in [0.2, 0.25) is 11.8 Å². The fourth-order valence-electron chi connectivity index (χ4n) is 4.69. The maximum atomic E-state index is 12.2. The van der Waals surface area contributed by atoms with Crippen molar-refractivity contribution in [3.05, 3.63) is 65.5 Å². The number of aromatic nitrogens is 3. The van der Waals surface area contributed by atoms with Crippen molar-refractivity contribution in [3.63, 3.8) is 0 Å². The van der Waals surface area contributed by atoms with E-state index < -0.39 is 0 Å². The molecule has 4 rings (SSSR count). The van der Waals surface area contributed by atoms with Crippen molar-refractivity contribution in [1.82, 2.24) is 19.9 Å². The van der Waals surface area contributed by atoms with Gasteiger partial charge in [-0.1, -0.05) is 62.7 Å². The highest BCUT2D eigenvalue weighted by molar-refractivity contribution is 6.06. The molecule has 8 heteroatoms. The second-order valence-electron chi connectivity index (χ2n) is 9.57. The SMILES string of the molecule is CCCCc1nc2c(N)nc3ccccc3c2n1Cc1ccc(CNC(=O)CCC(CC)C(N)=O)cc1. The Morgan fingerprint density at radius 1 is 1.03 bits per heavy atom. The normalized spacial score (nSPS) is 12.2. The van der Waals surface area contributed by atoms with Crippen molar-refractivity contribution in [2.45, 2.75) is 65.5 Å². The van der Waals surface area contributed by atoms with Crippen LogP contribution in [0.1, 0.15) is 62.9 Å². The number of nitrogens with zero attached hydrogens (tertiary/aromatic N) is 3. The summed E-state index contributed by atoms with van der Waals surface area (Å²) < 4.78 is 2.27. The van der Waals surface area contributed by atoms with Crippen LogP contribution in [-0.4, -0.2) is 26.3 Å². The Bertz CT molecular complexity index is 1390. The zero-order valence-corrected chi connectivity index (χ0v) is 21.7. The van der Waals surface area contributed by atoms with Gasteiger partial charge in [-0.2, -0.15) is 0 Å². The third-order valence-corrected chi connectivity index (χ3v) is 6.91. The molecule has 0 bridgehead atoms. The summed E-state index contributed by atoms with van der Waals surface area (Å²) in [6.07, 6.45) is 4.42. The monoisotopic (exact) mass is 500 g/mol. The minimum Gasteiger partial charge on any atom is -0.382 e. The van der Waals surface area contributed by atoms with Crippen LogP contribution in [0, 0.1) is 5.92 Å². The molecule has 0 radical (unpaired) electrons. The summed E-state index contributed by atoms with van der Waals surface area (Å²) in [6.45, 7) is 5.19. The Morgan fingerprint density at radius 2 is 1.76 bits per heavy atom. The second kappa shape index (κ2) is 11.9. The van der Waals surface area contributed by atoms with Crippen LogP contribution in [0.2, 0.25) is 0 Å². The molecule has 4 aromatic rings. The lowest BCUT2D eigenvalue weighted by Gasteiger charge is -2.12. The van der Waals surface area contributed by atoms with E-state index in [0.29, 0.717) is 38.2 Å². The maximum Gasteiger partial charge on any atom is 0.220 e. The van der Waals surface area contributed by atoms with Gasteiger partial charge in [-0.05, 0) is 36.5 Å². The van der Waals surface area contributed by atoms with Crippen molar-refractivity contribution >= 4 is 39.6 Å². The number of anilines is 1. The molecule has 2 amide bonds. The Kier molecular flexibility index (Phi) is 8.38. The molecule has 0 aliphatic heterocycles. The number of nitrogen functional groups attached to an aromatic ring is 1. The van der Waals surface area contributed by atoms with Gasteiger partial charge in [0.1, 0.15) is 11.3 Å². The van der Waals surface area contributed by atoms with Crippen LogP contribution in [0.3, 0.4) is 0 Å². The third kappa shape index (κ3) is 6.07. The number of carbonyl (C=O) groups is 2. The van der Waals surface area contributed by atoms with Gasteiger partial charge in [0.05, 0.1) is 11.0 Å². The lowest BCUT2D eigenvalue weighted by atomic mass is 9.99. The van der Waals surface area contributed by atoms with Crippen LogP contribution in [0.25, 0.3) is 21.9 Å². The summed E-state index contributed by atoms with van der Waals surface area (Å²) >= 11 is 0. The minimum atomic E-state index is -0.346. The molecule has 37 heavy (non-hydrogen) atoms. The number of hydrogen-bond acceptors (Lipinski definition) is 5. The van der Waals surface area contributed by atoms with Gasteiger partial charge in [0.15, 0.2) is 5.82 Å². The first-order chi connectivity index (χ1) is 17.9. The minimum absolute atomic E-state index is 0.0766. The smallest absolute Gasteiger partial charge is 0.220 e. The van der Waals surface area contributed by atoms with E-state index in [1.165, 1.54) is 0 Å². The average Bonchev–Trinajstić information content (AvgIpc) is 3.26. The molecule has 0 fully saturated rings. The number of primary amides is 1. The van der Waals surface area contributed by atoms with Gasteiger partial charge in [-0.15, -0.1) is 0 Å². The molecule has 8 nitrogen and oxygen atoms in total. The van der Waals surface area contributed by atoms with Gasteiger partial charge in [-0.25, -0.2) is 9.97 Å². The number of aryl methyl sites for hydroxylation is 1. The van der Waals surface area contributed by atoms with E-state index in [4.69, 9.17) is 16.5 Å². The summed E-state index contributed by atoms with van der Waals surface area (Å²) in [6, 6.07) is 16.3. The van der Waals surface area contributed by atoms with Crippen molar-refractivity contribution in [2.75, 3.05) is 5.73 Å². The molecule has 194 valence electrons. The number of nitrogens with one attached hydrogen (secondary N) is 1. The van der Waals surface area contributed by atoms with E-state index in [1.807, 2.05) is 37.3 Å². The molecule has 5 N–H and O–H groups in total. The van der Waals surface area contributed by atoms with Gasteiger partial charge in [0.25, 0.3) is 0 Å². The topological polar surface area (TPSA) is 129 Å². The first-order valence-electron chi connectivity index (χ1n) is 13.1. The van der Waals surface area contributed by atoms with Crippen LogP contribution < -0.4 is 16.8 Å². The van der Waals surface area contributed by atoms with E-state index >= 15 is 0 Å². The van der Waals surface area contributed by atoms with Gasteiger partial charge >= 0.3 is 0 Å². The molecule has 0 saturated carbocycles. The van der Waals surface area contributed by atoms with Crippen LogP contribution in [0.5, 0.6) is 0 Å². The predicted octanol–water partition coefficient (Wildman–Crippen LogP) is 4.47. The van der Waals surface area contributed by atoms with Crippen LogP contribution in [-0.2, 0) is 29.1 Å². The molecular weight excluding hydrogens is 464 g/mol. The number of hydrogen-bond donors (Lipinski definition) is 3. The highest BCUT2D eigenvalue weighted by Crippen LogP contribution is 2.30. The number of rotatable bonds is 12. The number of benzene rings is 2. The zero-order valence-electron chi connectivity index (χ0n) is 21.7. The van der Waals surface area contributed by atoms with Gasteiger partial charge in [0, 0.05) is 37.2 Å². The fourth-order valence-corrected chi connectivity index (χ4v) is 4.69. The summed E-state index contributed by atoms with van der Waals surface area (Å²) in [5, 5.41) is 3.98. The van der Waals surface area contributed by atoms with Crippen LogP contribution in [0.4, 0.5) is 5.82 Å². The first-order valence-corrected chi connectivity index (χ1v) is 13.1. The molecule has 2 aromatic carbocycles. The van der Waals surface area contributed by atoms with E-state index in [2.05, 4.69) is 40.0 Å². The number of amides is 2. The number of unbranched alkanes of at least 4 members (excludes halogenated alkanes) is 1. The van der Waals surface area contributed by atoms with E-state index in [9.17, 15) is 9.59 Å². The van der Waals surface area contributed by atoms with Crippen molar-refractivity contribution in [1.29, 1.82) is 0 Å². The molecule has 0 saturated heterocycles. The van der Waals surface area contributed by atoms with E-state index in [0.717, 1.165) is 58.2 Å². The van der Waals surface area contributed by atoms with Crippen LogP contribution >= 0.6 is 0 Å². The molecule has 2 aromatic heterocycles. The lowest BCUT2D eigenvalue weighted by molar-refractivity contribution is -0.123. The third-order valence-electron chi connectivity index (χ3n) is 6.91. The molecule has 0 aliphatic rings. The first kappa shape index (κ1) is 26.1. The zero-order chi connectivity index (χ0) is 26.4.